The van der Waals surface area contributed by atoms with Crippen molar-refractivity contribution in [3.8, 4) is 5.75 Å². The van der Waals surface area contributed by atoms with Gasteiger partial charge in [0.15, 0.2) is 0 Å². The van der Waals surface area contributed by atoms with E-state index >= 15 is 0 Å². The van der Waals surface area contributed by atoms with E-state index < -0.39 is 0 Å². The van der Waals surface area contributed by atoms with Crippen LogP contribution in [0.3, 0.4) is 0 Å². The molecule has 0 radical (unpaired) electrons. The zero-order valence-electron chi connectivity index (χ0n) is 11.4. The molecule has 19 heavy (non-hydrogen) atoms. The van der Waals surface area contributed by atoms with Gasteiger partial charge in [0.05, 0.1) is 6.61 Å². The van der Waals surface area contributed by atoms with E-state index in [4.69, 9.17) is 4.74 Å². The molecule has 0 spiro atoms. The standard InChI is InChI=1S/C15H22N2O2/c1-16-15(18)6-3-9-19-14-5-2-4-12(10-14)11-17-13-7-8-13/h2,4-5,10,13,17H,3,6-9,11H2,1H3,(H,16,18). The zero-order valence-corrected chi connectivity index (χ0v) is 11.4. The summed E-state index contributed by atoms with van der Waals surface area (Å²) >= 11 is 0. The van der Waals surface area contributed by atoms with Crippen LogP contribution in [0.2, 0.25) is 0 Å². The van der Waals surface area contributed by atoms with Crippen LogP contribution in [0.5, 0.6) is 5.75 Å². The van der Waals surface area contributed by atoms with Crippen molar-refractivity contribution in [2.24, 2.45) is 0 Å². The van der Waals surface area contributed by atoms with Crippen molar-refractivity contribution >= 4 is 5.91 Å². The largest absolute Gasteiger partial charge is 0.494 e. The summed E-state index contributed by atoms with van der Waals surface area (Å²) in [6.45, 7) is 1.48. The van der Waals surface area contributed by atoms with E-state index in [-0.39, 0.29) is 5.91 Å². The van der Waals surface area contributed by atoms with Crippen LogP contribution in [-0.4, -0.2) is 25.6 Å². The number of rotatable bonds is 8. The predicted octanol–water partition coefficient (Wildman–Crippen LogP) is 1.84. The monoisotopic (exact) mass is 262 g/mol. The summed E-state index contributed by atoms with van der Waals surface area (Å²) in [6.07, 6.45) is 3.86. The second-order valence-electron chi connectivity index (χ2n) is 4.93. The first-order valence-electron chi connectivity index (χ1n) is 6.93. The Bertz CT molecular complexity index is 416. The predicted molar refractivity (Wildman–Crippen MR) is 75.1 cm³/mol. The van der Waals surface area contributed by atoms with Gasteiger partial charge in [0.2, 0.25) is 5.91 Å². The highest BCUT2D eigenvalue weighted by Gasteiger charge is 2.19. The van der Waals surface area contributed by atoms with Gasteiger partial charge in [-0.3, -0.25) is 4.79 Å². The Hall–Kier alpha value is -1.55. The lowest BCUT2D eigenvalue weighted by Gasteiger charge is -2.08. The Morgan fingerprint density at radius 1 is 1.42 bits per heavy atom. The number of carbonyl (C=O) groups is 1. The average molecular weight is 262 g/mol. The van der Waals surface area contributed by atoms with Crippen LogP contribution < -0.4 is 15.4 Å². The molecule has 0 aromatic heterocycles. The van der Waals surface area contributed by atoms with Crippen LogP contribution in [0.1, 0.15) is 31.2 Å². The molecule has 1 amide bonds. The molecule has 2 rings (SSSR count). The number of amides is 1. The maximum absolute atomic E-state index is 11.1. The average Bonchev–Trinajstić information content (AvgIpc) is 3.26. The van der Waals surface area contributed by atoms with E-state index in [1.807, 2.05) is 12.1 Å². The Morgan fingerprint density at radius 3 is 3.00 bits per heavy atom. The third kappa shape index (κ3) is 5.30. The molecule has 1 aliphatic rings. The van der Waals surface area contributed by atoms with E-state index in [2.05, 4.69) is 22.8 Å². The fourth-order valence-electron chi connectivity index (χ4n) is 1.84. The van der Waals surface area contributed by atoms with Crippen molar-refractivity contribution in [3.63, 3.8) is 0 Å². The first-order chi connectivity index (χ1) is 9.28. The number of benzene rings is 1. The highest BCUT2D eigenvalue weighted by molar-refractivity contribution is 5.75. The summed E-state index contributed by atoms with van der Waals surface area (Å²) in [5.41, 5.74) is 1.25. The molecule has 4 heteroatoms. The van der Waals surface area contributed by atoms with Crippen LogP contribution in [0.4, 0.5) is 0 Å². The van der Waals surface area contributed by atoms with E-state index in [1.165, 1.54) is 18.4 Å². The van der Waals surface area contributed by atoms with Crippen molar-refractivity contribution in [1.29, 1.82) is 0 Å². The zero-order chi connectivity index (χ0) is 13.5. The fraction of sp³-hybridized carbons (Fsp3) is 0.533. The molecule has 0 atom stereocenters. The molecule has 1 aliphatic carbocycles. The van der Waals surface area contributed by atoms with Crippen molar-refractivity contribution in [2.45, 2.75) is 38.3 Å². The van der Waals surface area contributed by atoms with Gasteiger partial charge in [0.1, 0.15) is 5.75 Å². The minimum atomic E-state index is 0.0611. The van der Waals surface area contributed by atoms with Gasteiger partial charge in [-0.05, 0) is 37.0 Å². The molecule has 1 saturated carbocycles. The van der Waals surface area contributed by atoms with Gasteiger partial charge >= 0.3 is 0 Å². The first-order valence-corrected chi connectivity index (χ1v) is 6.93. The van der Waals surface area contributed by atoms with Gasteiger partial charge in [0, 0.05) is 26.1 Å². The molecule has 0 saturated heterocycles. The molecule has 2 N–H and O–H groups in total. The normalized spacial score (nSPS) is 14.2. The molecule has 0 bridgehead atoms. The SMILES string of the molecule is CNC(=O)CCCOc1cccc(CNC2CC2)c1. The molecule has 0 unspecified atom stereocenters. The molecular weight excluding hydrogens is 240 g/mol. The lowest BCUT2D eigenvalue weighted by atomic mass is 10.2. The van der Waals surface area contributed by atoms with Gasteiger partial charge in [0.25, 0.3) is 0 Å². The molecule has 1 aromatic rings. The van der Waals surface area contributed by atoms with Crippen molar-refractivity contribution in [3.05, 3.63) is 29.8 Å². The summed E-state index contributed by atoms with van der Waals surface area (Å²) < 4.78 is 5.66. The van der Waals surface area contributed by atoms with Gasteiger partial charge in [-0.25, -0.2) is 0 Å². The van der Waals surface area contributed by atoms with Crippen LogP contribution in [-0.2, 0) is 11.3 Å². The van der Waals surface area contributed by atoms with Crippen molar-refractivity contribution < 1.29 is 9.53 Å². The Morgan fingerprint density at radius 2 is 2.26 bits per heavy atom. The first kappa shape index (κ1) is 13.9. The number of ether oxygens (including phenoxy) is 1. The maximum atomic E-state index is 11.1. The van der Waals surface area contributed by atoms with E-state index in [9.17, 15) is 4.79 Å². The number of carbonyl (C=O) groups excluding carboxylic acids is 1. The van der Waals surface area contributed by atoms with Crippen LogP contribution in [0, 0.1) is 0 Å². The van der Waals surface area contributed by atoms with E-state index in [0.717, 1.165) is 24.8 Å². The van der Waals surface area contributed by atoms with E-state index in [0.29, 0.717) is 13.0 Å². The second-order valence-corrected chi connectivity index (χ2v) is 4.93. The highest BCUT2D eigenvalue weighted by Crippen LogP contribution is 2.20. The van der Waals surface area contributed by atoms with Gasteiger partial charge in [-0.1, -0.05) is 12.1 Å². The maximum Gasteiger partial charge on any atom is 0.219 e. The minimum Gasteiger partial charge on any atom is -0.494 e. The summed E-state index contributed by atoms with van der Waals surface area (Å²) in [6, 6.07) is 8.86. The molecular formula is C15H22N2O2. The van der Waals surface area contributed by atoms with Crippen LogP contribution in [0.15, 0.2) is 24.3 Å². The van der Waals surface area contributed by atoms with Gasteiger partial charge in [-0.15, -0.1) is 0 Å². The minimum absolute atomic E-state index is 0.0611. The number of nitrogens with one attached hydrogen (secondary N) is 2. The molecule has 0 heterocycles. The van der Waals surface area contributed by atoms with Crippen LogP contribution in [0.25, 0.3) is 0 Å². The number of hydrogen-bond donors (Lipinski definition) is 2. The quantitative estimate of drug-likeness (QED) is 0.703. The van der Waals surface area contributed by atoms with E-state index in [1.54, 1.807) is 7.05 Å². The molecule has 104 valence electrons. The summed E-state index contributed by atoms with van der Waals surface area (Å²) in [4.78, 5) is 11.1. The number of hydrogen-bond acceptors (Lipinski definition) is 3. The van der Waals surface area contributed by atoms with Gasteiger partial charge < -0.3 is 15.4 Å². The highest BCUT2D eigenvalue weighted by atomic mass is 16.5. The molecule has 0 aliphatic heterocycles. The van der Waals surface area contributed by atoms with Gasteiger partial charge in [-0.2, -0.15) is 0 Å². The van der Waals surface area contributed by atoms with Crippen LogP contribution >= 0.6 is 0 Å². The topological polar surface area (TPSA) is 50.4 Å². The van der Waals surface area contributed by atoms with Crippen molar-refractivity contribution in [1.82, 2.24) is 10.6 Å². The Kier molecular flexibility index (Phi) is 5.21. The molecule has 1 aromatic carbocycles. The third-order valence-corrected chi connectivity index (χ3v) is 3.17. The summed E-state index contributed by atoms with van der Waals surface area (Å²) in [7, 11) is 1.65. The molecule has 4 nitrogen and oxygen atoms in total. The lowest BCUT2D eigenvalue weighted by molar-refractivity contribution is -0.120. The fourth-order valence-corrected chi connectivity index (χ4v) is 1.84. The summed E-state index contributed by atoms with van der Waals surface area (Å²) in [5, 5.41) is 6.08. The summed E-state index contributed by atoms with van der Waals surface area (Å²) in [5.74, 6) is 0.943. The lowest BCUT2D eigenvalue weighted by Crippen LogP contribution is -2.18. The molecule has 1 fully saturated rings. The third-order valence-electron chi connectivity index (χ3n) is 3.17. The Labute approximate surface area is 114 Å². The Balaban J connectivity index is 1.70. The smallest absolute Gasteiger partial charge is 0.219 e. The second kappa shape index (κ2) is 7.14. The van der Waals surface area contributed by atoms with Crippen molar-refractivity contribution in [2.75, 3.05) is 13.7 Å².